The molecule has 0 bridgehead atoms. The molecule has 3 aliphatic rings. The second kappa shape index (κ2) is 11.0. The Morgan fingerprint density at radius 2 is 1.33 bits per heavy atom. The largest absolute Gasteiger partial charge is 0.378 e. The summed E-state index contributed by atoms with van der Waals surface area (Å²) in [6.45, 7) is 17.0. The van der Waals surface area contributed by atoms with E-state index in [0.717, 1.165) is 38.5 Å². The van der Waals surface area contributed by atoms with Crippen molar-refractivity contribution in [2.24, 2.45) is 35.5 Å². The lowest BCUT2D eigenvalue weighted by molar-refractivity contribution is -0.147. The smallest absolute Gasteiger partial charge is 0.362 e. The Bertz CT molecular complexity index is 642. The van der Waals surface area contributed by atoms with E-state index >= 15 is 0 Å². The van der Waals surface area contributed by atoms with Crippen molar-refractivity contribution in [1.29, 1.82) is 0 Å². The van der Waals surface area contributed by atoms with Gasteiger partial charge in [0, 0.05) is 0 Å². The molecule has 1 saturated heterocycles. The first-order valence-electron chi connectivity index (χ1n) is 13.3. The van der Waals surface area contributed by atoms with Gasteiger partial charge in [-0.2, -0.15) is 0 Å². The molecule has 3 rings (SSSR count). The summed E-state index contributed by atoms with van der Waals surface area (Å²) in [6.07, 6.45) is 4.96. The van der Waals surface area contributed by atoms with Gasteiger partial charge in [-0.15, -0.1) is 0 Å². The van der Waals surface area contributed by atoms with Crippen LogP contribution in [0.1, 0.15) is 93.9 Å². The standard InChI is InChI=1S/C26H49O6P/c1-16(2)20-11-9-18(5)13-22(20)31-33(28,25(27)24-15-29-26(7,8)30-24)32-23-14-19(6)10-12-21(23)17(3)4/h16-25,27H,9-15H2,1-8H3/t18-,19-,20-,21+,22-,23-,24+,25+,33?/m1/s1. The second-order valence-corrected chi connectivity index (χ2v) is 14.3. The third-order valence-electron chi connectivity index (χ3n) is 8.17. The maximum Gasteiger partial charge on any atom is 0.362 e. The van der Waals surface area contributed by atoms with Crippen LogP contribution < -0.4 is 0 Å². The fourth-order valence-electron chi connectivity index (χ4n) is 6.06. The van der Waals surface area contributed by atoms with Crippen LogP contribution in [0.25, 0.3) is 0 Å². The minimum Gasteiger partial charge on any atom is -0.378 e. The highest BCUT2D eigenvalue weighted by molar-refractivity contribution is 7.54. The maximum absolute atomic E-state index is 14.6. The van der Waals surface area contributed by atoms with Gasteiger partial charge in [0.05, 0.1) is 18.8 Å². The third-order valence-corrected chi connectivity index (χ3v) is 10.3. The first-order chi connectivity index (χ1) is 15.3. The van der Waals surface area contributed by atoms with Gasteiger partial charge in [-0.3, -0.25) is 4.57 Å². The molecule has 1 aliphatic heterocycles. The van der Waals surface area contributed by atoms with Crippen molar-refractivity contribution in [3.8, 4) is 0 Å². The topological polar surface area (TPSA) is 74.2 Å². The summed E-state index contributed by atoms with van der Waals surface area (Å²) in [4.78, 5) is 0. The summed E-state index contributed by atoms with van der Waals surface area (Å²) >= 11 is 0. The van der Waals surface area contributed by atoms with E-state index in [-0.39, 0.29) is 18.8 Å². The van der Waals surface area contributed by atoms with Crippen molar-refractivity contribution in [3.05, 3.63) is 0 Å². The maximum atomic E-state index is 14.6. The number of hydrogen-bond donors (Lipinski definition) is 1. The van der Waals surface area contributed by atoms with Gasteiger partial charge in [0.15, 0.2) is 11.6 Å². The van der Waals surface area contributed by atoms with Gasteiger partial charge in [-0.1, -0.05) is 54.4 Å². The van der Waals surface area contributed by atoms with Crippen molar-refractivity contribution < 1.29 is 28.2 Å². The zero-order valence-corrected chi connectivity index (χ0v) is 23.1. The zero-order chi connectivity index (χ0) is 24.6. The number of aliphatic hydroxyl groups excluding tert-OH is 1. The predicted octanol–water partition coefficient (Wildman–Crippen LogP) is 6.60. The van der Waals surface area contributed by atoms with Crippen LogP contribution in [-0.4, -0.2) is 41.7 Å². The molecule has 3 fully saturated rings. The summed E-state index contributed by atoms with van der Waals surface area (Å²) in [6, 6.07) is 0. The normalized spacial score (nSPS) is 40.2. The molecule has 2 saturated carbocycles. The summed E-state index contributed by atoms with van der Waals surface area (Å²) in [5.74, 6) is 0.234. The van der Waals surface area contributed by atoms with Crippen molar-refractivity contribution in [2.75, 3.05) is 6.61 Å². The van der Waals surface area contributed by atoms with Crippen LogP contribution in [-0.2, 0) is 23.1 Å². The van der Waals surface area contributed by atoms with E-state index in [4.69, 9.17) is 18.5 Å². The van der Waals surface area contributed by atoms with Gasteiger partial charge in [0.25, 0.3) is 0 Å². The van der Waals surface area contributed by atoms with Crippen LogP contribution in [0.4, 0.5) is 0 Å². The molecular formula is C26H49O6P. The molecule has 0 spiro atoms. The molecule has 0 aromatic heterocycles. The molecule has 7 heteroatoms. The molecule has 0 aromatic rings. The number of rotatable bonds is 8. The molecule has 1 unspecified atom stereocenters. The minimum atomic E-state index is -3.91. The molecule has 1 heterocycles. The van der Waals surface area contributed by atoms with Gasteiger partial charge < -0.3 is 23.6 Å². The van der Waals surface area contributed by atoms with E-state index < -0.39 is 25.3 Å². The number of ether oxygens (including phenoxy) is 2. The SMILES string of the molecule is CC(C)[C@H]1CC[C@@H](C)C[C@H]1OP(=O)(O[C@@H]1C[C@H](C)CC[C@H]1C(C)C)[C@H](O)[C@@H]1COC(C)(C)O1. The van der Waals surface area contributed by atoms with E-state index in [0.29, 0.717) is 35.5 Å². The highest BCUT2D eigenvalue weighted by Crippen LogP contribution is 2.60. The fraction of sp³-hybridized carbons (Fsp3) is 1.00. The summed E-state index contributed by atoms with van der Waals surface area (Å²) in [7, 11) is -3.91. The third kappa shape index (κ3) is 6.83. The van der Waals surface area contributed by atoms with Crippen LogP contribution in [0, 0.1) is 35.5 Å². The van der Waals surface area contributed by atoms with Crippen LogP contribution >= 0.6 is 7.60 Å². The van der Waals surface area contributed by atoms with E-state index in [1.165, 1.54) is 0 Å². The molecule has 194 valence electrons. The van der Waals surface area contributed by atoms with Gasteiger partial charge in [-0.25, -0.2) is 0 Å². The van der Waals surface area contributed by atoms with Crippen LogP contribution in [0.5, 0.6) is 0 Å². The molecule has 9 atom stereocenters. The first-order valence-corrected chi connectivity index (χ1v) is 14.9. The summed E-state index contributed by atoms with van der Waals surface area (Å²) in [5, 5.41) is 11.4. The molecule has 0 amide bonds. The van der Waals surface area contributed by atoms with Crippen molar-refractivity contribution >= 4 is 7.60 Å². The molecule has 1 N–H and O–H groups in total. The van der Waals surface area contributed by atoms with Crippen molar-refractivity contribution in [1.82, 2.24) is 0 Å². The number of aliphatic hydroxyl groups is 1. The Morgan fingerprint density at radius 1 is 0.879 bits per heavy atom. The molecule has 33 heavy (non-hydrogen) atoms. The van der Waals surface area contributed by atoms with Crippen LogP contribution in [0.2, 0.25) is 0 Å². The Labute approximate surface area is 202 Å². The van der Waals surface area contributed by atoms with E-state index in [1.807, 2.05) is 13.8 Å². The second-order valence-electron chi connectivity index (χ2n) is 12.3. The van der Waals surface area contributed by atoms with Crippen LogP contribution in [0.15, 0.2) is 0 Å². The summed E-state index contributed by atoms with van der Waals surface area (Å²) in [5.41, 5.74) is 0. The Balaban J connectivity index is 1.89. The first kappa shape index (κ1) is 27.6. The Kier molecular flexibility index (Phi) is 9.18. The molecular weight excluding hydrogens is 439 g/mol. The lowest BCUT2D eigenvalue weighted by Crippen LogP contribution is -2.40. The highest BCUT2D eigenvalue weighted by atomic mass is 31.2. The molecule has 0 aromatic carbocycles. The zero-order valence-electron chi connectivity index (χ0n) is 22.2. The highest BCUT2D eigenvalue weighted by Gasteiger charge is 2.51. The average molecular weight is 489 g/mol. The lowest BCUT2D eigenvalue weighted by Gasteiger charge is -2.43. The minimum absolute atomic E-state index is 0.175. The van der Waals surface area contributed by atoms with E-state index in [9.17, 15) is 9.67 Å². The van der Waals surface area contributed by atoms with Gasteiger partial charge in [0.1, 0.15) is 6.10 Å². The Morgan fingerprint density at radius 3 is 1.70 bits per heavy atom. The molecule has 0 radical (unpaired) electrons. The van der Waals surface area contributed by atoms with Gasteiger partial charge >= 0.3 is 7.60 Å². The number of hydrogen-bond acceptors (Lipinski definition) is 6. The Hall–Kier alpha value is 0.0300. The van der Waals surface area contributed by atoms with E-state index in [2.05, 4.69) is 41.5 Å². The summed E-state index contributed by atoms with van der Waals surface area (Å²) < 4.78 is 39.1. The van der Waals surface area contributed by atoms with Crippen molar-refractivity contribution in [2.45, 2.75) is 124 Å². The van der Waals surface area contributed by atoms with Gasteiger partial charge in [0.2, 0.25) is 0 Å². The average Bonchev–Trinajstić information content (AvgIpc) is 3.06. The predicted molar refractivity (Wildman–Crippen MR) is 131 cm³/mol. The monoisotopic (exact) mass is 488 g/mol. The lowest BCUT2D eigenvalue weighted by atomic mass is 9.75. The fourth-order valence-corrected chi connectivity index (χ4v) is 8.16. The van der Waals surface area contributed by atoms with E-state index in [1.54, 1.807) is 0 Å². The quantitative estimate of drug-likeness (QED) is 0.388. The van der Waals surface area contributed by atoms with Crippen LogP contribution in [0.3, 0.4) is 0 Å². The molecule has 2 aliphatic carbocycles. The van der Waals surface area contributed by atoms with Crippen molar-refractivity contribution in [3.63, 3.8) is 0 Å². The molecule has 6 nitrogen and oxygen atoms in total. The van der Waals surface area contributed by atoms with Gasteiger partial charge in [-0.05, 0) is 75.0 Å².